The number of aliphatic hydroxyl groups excluding tert-OH is 1. The van der Waals surface area contributed by atoms with Gasteiger partial charge >= 0.3 is 0 Å². The molecule has 2 heterocycles. The van der Waals surface area contributed by atoms with E-state index in [1.807, 2.05) is 0 Å². The van der Waals surface area contributed by atoms with E-state index in [-0.39, 0.29) is 28.9 Å². The van der Waals surface area contributed by atoms with Crippen LogP contribution in [0.1, 0.15) is 10.4 Å². The zero-order valence-corrected chi connectivity index (χ0v) is 11.0. The van der Waals surface area contributed by atoms with Crippen LogP contribution in [0.4, 0.5) is 0 Å². The summed E-state index contributed by atoms with van der Waals surface area (Å²) in [6.07, 6.45) is -0.338. The van der Waals surface area contributed by atoms with E-state index < -0.39 is 0 Å². The molecule has 1 unspecified atom stereocenters. The molecule has 0 spiro atoms. The van der Waals surface area contributed by atoms with Crippen LogP contribution in [0, 0.1) is 0 Å². The highest BCUT2D eigenvalue weighted by atomic mass is 35.5. The maximum absolute atomic E-state index is 12.2. The molecule has 1 atom stereocenters. The predicted octanol–water partition coefficient (Wildman–Crippen LogP) is 1.22. The molecule has 1 aromatic rings. The maximum Gasteiger partial charge on any atom is 0.254 e. The van der Waals surface area contributed by atoms with Crippen molar-refractivity contribution in [1.82, 2.24) is 9.88 Å². The number of ether oxygens (including phenoxy) is 1. The Hall–Kier alpha value is -0.880. The second-order valence-electron chi connectivity index (χ2n) is 3.93. The summed E-state index contributed by atoms with van der Waals surface area (Å²) in [7, 11) is 0. The fourth-order valence-corrected chi connectivity index (χ4v) is 2.25. The van der Waals surface area contributed by atoms with E-state index in [4.69, 9.17) is 33.0 Å². The van der Waals surface area contributed by atoms with Crippen molar-refractivity contribution in [3.05, 3.63) is 28.0 Å². The summed E-state index contributed by atoms with van der Waals surface area (Å²) in [5.74, 6) is -0.192. The van der Waals surface area contributed by atoms with Gasteiger partial charge in [0.15, 0.2) is 0 Å². The fraction of sp³-hybridized carbons (Fsp3) is 0.455. The number of amides is 1. The number of hydrogen-bond donors (Lipinski definition) is 1. The molecule has 2 rings (SSSR count). The van der Waals surface area contributed by atoms with E-state index in [0.717, 1.165) is 0 Å². The molecular weight excluding hydrogens is 279 g/mol. The maximum atomic E-state index is 12.2. The summed E-state index contributed by atoms with van der Waals surface area (Å²) >= 11 is 11.5. The Bertz CT molecular complexity index is 436. The summed E-state index contributed by atoms with van der Waals surface area (Å²) in [6, 6.07) is 2.94. The van der Waals surface area contributed by atoms with Crippen LogP contribution in [0.15, 0.2) is 12.1 Å². The fourth-order valence-electron chi connectivity index (χ4n) is 1.79. The molecule has 0 aromatic carbocycles. The minimum atomic E-state index is -0.338. The molecule has 1 aliphatic heterocycles. The van der Waals surface area contributed by atoms with Crippen molar-refractivity contribution in [2.24, 2.45) is 0 Å². The topological polar surface area (TPSA) is 62.7 Å². The van der Waals surface area contributed by atoms with E-state index in [9.17, 15) is 4.79 Å². The molecule has 1 aliphatic rings. The third-order valence-electron chi connectivity index (χ3n) is 2.64. The first kappa shape index (κ1) is 13.5. The van der Waals surface area contributed by atoms with Crippen molar-refractivity contribution in [3.63, 3.8) is 0 Å². The number of carbonyl (C=O) groups excluding carboxylic acids is 1. The summed E-state index contributed by atoms with van der Waals surface area (Å²) in [4.78, 5) is 17.6. The monoisotopic (exact) mass is 290 g/mol. The second kappa shape index (κ2) is 5.84. The largest absolute Gasteiger partial charge is 0.394 e. The molecule has 1 fully saturated rings. The lowest BCUT2D eigenvalue weighted by Crippen LogP contribution is -2.46. The third-order valence-corrected chi connectivity index (χ3v) is 3.03. The van der Waals surface area contributed by atoms with Gasteiger partial charge in [-0.3, -0.25) is 4.79 Å². The zero-order chi connectivity index (χ0) is 13.1. The summed E-state index contributed by atoms with van der Waals surface area (Å²) in [6.45, 7) is 1.13. The number of rotatable bonds is 2. The predicted molar refractivity (Wildman–Crippen MR) is 67.0 cm³/mol. The minimum Gasteiger partial charge on any atom is -0.394 e. The minimum absolute atomic E-state index is 0.109. The van der Waals surface area contributed by atoms with Gasteiger partial charge in [0.25, 0.3) is 5.91 Å². The summed E-state index contributed by atoms with van der Waals surface area (Å²) in [5, 5.41) is 9.39. The lowest BCUT2D eigenvalue weighted by Gasteiger charge is -2.32. The number of aromatic nitrogens is 1. The van der Waals surface area contributed by atoms with E-state index in [1.54, 1.807) is 4.90 Å². The molecule has 5 nitrogen and oxygen atoms in total. The van der Waals surface area contributed by atoms with E-state index in [1.165, 1.54) is 12.1 Å². The van der Waals surface area contributed by atoms with Crippen LogP contribution in [0.3, 0.4) is 0 Å². The number of nitrogens with zero attached hydrogens (tertiary/aromatic N) is 2. The summed E-state index contributed by atoms with van der Waals surface area (Å²) < 4.78 is 5.28. The van der Waals surface area contributed by atoms with Crippen molar-refractivity contribution in [3.8, 4) is 0 Å². The first-order valence-corrected chi connectivity index (χ1v) is 6.20. The molecule has 0 saturated carbocycles. The number of hydrogen-bond acceptors (Lipinski definition) is 4. The van der Waals surface area contributed by atoms with Crippen LogP contribution in [0.2, 0.25) is 10.3 Å². The van der Waals surface area contributed by atoms with Crippen molar-refractivity contribution < 1.29 is 14.6 Å². The van der Waals surface area contributed by atoms with Crippen LogP contribution >= 0.6 is 23.2 Å². The highest BCUT2D eigenvalue weighted by molar-refractivity contribution is 6.33. The van der Waals surface area contributed by atoms with E-state index in [2.05, 4.69) is 4.98 Å². The lowest BCUT2D eigenvalue weighted by molar-refractivity contribution is -0.0447. The molecule has 98 valence electrons. The molecule has 1 saturated heterocycles. The highest BCUT2D eigenvalue weighted by Crippen LogP contribution is 2.17. The Labute approximate surface area is 114 Å². The smallest absolute Gasteiger partial charge is 0.254 e. The molecule has 1 N–H and O–H groups in total. The zero-order valence-electron chi connectivity index (χ0n) is 9.47. The second-order valence-corrected chi connectivity index (χ2v) is 4.70. The van der Waals surface area contributed by atoms with Crippen LogP contribution < -0.4 is 0 Å². The number of morpholine rings is 1. The third kappa shape index (κ3) is 3.11. The van der Waals surface area contributed by atoms with Gasteiger partial charge < -0.3 is 14.7 Å². The number of pyridine rings is 1. The van der Waals surface area contributed by atoms with Crippen LogP contribution in [-0.4, -0.2) is 53.3 Å². The number of halogens is 2. The van der Waals surface area contributed by atoms with Crippen molar-refractivity contribution in [2.45, 2.75) is 6.10 Å². The van der Waals surface area contributed by atoms with Crippen LogP contribution in [0.25, 0.3) is 0 Å². The Kier molecular flexibility index (Phi) is 4.40. The Morgan fingerprint density at radius 2 is 2.17 bits per heavy atom. The van der Waals surface area contributed by atoms with Gasteiger partial charge in [-0.15, -0.1) is 0 Å². The Morgan fingerprint density at radius 3 is 2.78 bits per heavy atom. The van der Waals surface area contributed by atoms with Crippen molar-refractivity contribution in [1.29, 1.82) is 0 Å². The van der Waals surface area contributed by atoms with Gasteiger partial charge in [0.05, 0.1) is 19.3 Å². The average molecular weight is 291 g/mol. The first-order valence-electron chi connectivity index (χ1n) is 5.45. The van der Waals surface area contributed by atoms with Crippen molar-refractivity contribution >= 4 is 29.1 Å². The number of carbonyl (C=O) groups is 1. The van der Waals surface area contributed by atoms with Crippen molar-refractivity contribution in [2.75, 3.05) is 26.3 Å². The Morgan fingerprint density at radius 1 is 1.50 bits per heavy atom. The average Bonchev–Trinajstić information content (AvgIpc) is 2.37. The lowest BCUT2D eigenvalue weighted by atomic mass is 10.2. The molecule has 0 aliphatic carbocycles. The van der Waals surface area contributed by atoms with Crippen LogP contribution in [0.5, 0.6) is 0 Å². The quantitative estimate of drug-likeness (QED) is 0.832. The van der Waals surface area contributed by atoms with Gasteiger partial charge in [0, 0.05) is 18.7 Å². The molecule has 1 amide bonds. The van der Waals surface area contributed by atoms with Crippen LogP contribution in [-0.2, 0) is 4.74 Å². The Balaban J connectivity index is 2.15. The van der Waals surface area contributed by atoms with E-state index >= 15 is 0 Å². The normalized spacial score (nSPS) is 19.9. The molecule has 7 heteroatoms. The SMILES string of the molecule is O=C(c1cc(Cl)nc(Cl)c1)N1CCOC(CO)C1. The summed E-state index contributed by atoms with van der Waals surface area (Å²) in [5.41, 5.74) is 0.388. The molecular formula is C11H12Cl2N2O3. The highest BCUT2D eigenvalue weighted by Gasteiger charge is 2.25. The van der Waals surface area contributed by atoms with Gasteiger partial charge in [-0.25, -0.2) is 4.98 Å². The molecule has 0 bridgehead atoms. The standard InChI is InChI=1S/C11H12Cl2N2O3/c12-9-3-7(4-10(13)14-9)11(17)15-1-2-18-8(5-15)6-16/h3-4,8,16H,1-2,5-6H2. The van der Waals surface area contributed by atoms with Gasteiger partial charge in [-0.05, 0) is 12.1 Å². The van der Waals surface area contributed by atoms with Gasteiger partial charge in [0.2, 0.25) is 0 Å². The van der Waals surface area contributed by atoms with E-state index in [0.29, 0.717) is 25.3 Å². The molecule has 18 heavy (non-hydrogen) atoms. The van der Waals surface area contributed by atoms with Gasteiger partial charge in [-0.1, -0.05) is 23.2 Å². The first-order chi connectivity index (χ1) is 8.60. The number of aliphatic hydroxyl groups is 1. The molecule has 0 radical (unpaired) electrons. The van der Waals surface area contributed by atoms with Gasteiger partial charge in [-0.2, -0.15) is 0 Å². The molecule has 1 aromatic heterocycles. The van der Waals surface area contributed by atoms with Gasteiger partial charge in [0.1, 0.15) is 10.3 Å².